The number of aliphatic hydroxyl groups excluding tert-OH is 1. The molecule has 0 bridgehead atoms. The van der Waals surface area contributed by atoms with Crippen LogP contribution >= 0.6 is 0 Å². The lowest BCUT2D eigenvalue weighted by atomic mass is 9.33. The van der Waals surface area contributed by atoms with Crippen LogP contribution in [0.4, 0.5) is 0 Å². The van der Waals surface area contributed by atoms with Crippen LogP contribution in [0.15, 0.2) is 11.6 Å². The second-order valence-electron chi connectivity index (χ2n) is 14.5. The van der Waals surface area contributed by atoms with E-state index in [9.17, 15) is 15.0 Å². The van der Waals surface area contributed by atoms with E-state index in [0.29, 0.717) is 23.7 Å². The molecule has 0 amide bonds. The molecule has 10 atom stereocenters. The van der Waals surface area contributed by atoms with Crippen molar-refractivity contribution in [3.63, 3.8) is 0 Å². The van der Waals surface area contributed by atoms with Crippen molar-refractivity contribution < 1.29 is 15.0 Å². The van der Waals surface area contributed by atoms with Gasteiger partial charge in [0.05, 0.1) is 11.5 Å². The van der Waals surface area contributed by atoms with E-state index in [1.807, 2.05) is 0 Å². The number of hydrogen-bond acceptors (Lipinski definition) is 2. The highest BCUT2D eigenvalue weighted by Crippen LogP contribution is 2.75. The van der Waals surface area contributed by atoms with Gasteiger partial charge in [0.1, 0.15) is 0 Å². The molecule has 0 heterocycles. The van der Waals surface area contributed by atoms with Crippen LogP contribution in [0, 0.1) is 56.7 Å². The van der Waals surface area contributed by atoms with Crippen LogP contribution in [0.3, 0.4) is 0 Å². The normalized spacial score (nSPS) is 55.3. The van der Waals surface area contributed by atoms with Crippen molar-refractivity contribution in [1.82, 2.24) is 0 Å². The zero-order chi connectivity index (χ0) is 24.2. The van der Waals surface area contributed by atoms with E-state index in [1.165, 1.54) is 18.4 Å². The molecular formula is C30H48O3. The van der Waals surface area contributed by atoms with Crippen molar-refractivity contribution in [3.8, 4) is 0 Å². The van der Waals surface area contributed by atoms with E-state index < -0.39 is 11.4 Å². The molecular weight excluding hydrogens is 408 g/mol. The van der Waals surface area contributed by atoms with Gasteiger partial charge in [0.15, 0.2) is 0 Å². The topological polar surface area (TPSA) is 57.5 Å². The third-order valence-corrected chi connectivity index (χ3v) is 13.4. The molecule has 0 aromatic heterocycles. The summed E-state index contributed by atoms with van der Waals surface area (Å²) in [5.41, 5.74) is 1.46. The molecule has 0 radical (unpaired) electrons. The molecule has 5 aliphatic rings. The summed E-state index contributed by atoms with van der Waals surface area (Å²) in [5, 5.41) is 21.4. The number of aliphatic hydroxyl groups is 1. The Bertz CT molecular complexity index is 874. The third kappa shape index (κ3) is 2.75. The molecule has 4 saturated carbocycles. The Labute approximate surface area is 201 Å². The maximum atomic E-state index is 12.8. The summed E-state index contributed by atoms with van der Waals surface area (Å²) in [6.45, 7) is 17.0. The van der Waals surface area contributed by atoms with E-state index in [4.69, 9.17) is 0 Å². The summed E-state index contributed by atoms with van der Waals surface area (Å²) in [6, 6.07) is 0. The largest absolute Gasteiger partial charge is 0.481 e. The summed E-state index contributed by atoms with van der Waals surface area (Å²) in [7, 11) is 0. The second-order valence-corrected chi connectivity index (χ2v) is 14.5. The maximum absolute atomic E-state index is 12.8. The van der Waals surface area contributed by atoms with Gasteiger partial charge >= 0.3 is 5.97 Å². The first-order chi connectivity index (χ1) is 15.3. The lowest BCUT2D eigenvalue weighted by Gasteiger charge is -2.71. The zero-order valence-electron chi connectivity index (χ0n) is 22.2. The Morgan fingerprint density at radius 1 is 0.909 bits per heavy atom. The van der Waals surface area contributed by atoms with Crippen molar-refractivity contribution >= 4 is 5.97 Å². The molecule has 5 aliphatic carbocycles. The van der Waals surface area contributed by atoms with Crippen LogP contribution < -0.4 is 0 Å². The molecule has 2 N–H and O–H groups in total. The Morgan fingerprint density at radius 3 is 2.27 bits per heavy atom. The van der Waals surface area contributed by atoms with Gasteiger partial charge in [0.25, 0.3) is 0 Å². The van der Waals surface area contributed by atoms with Crippen molar-refractivity contribution in [2.75, 3.05) is 0 Å². The lowest BCUT2D eigenvalue weighted by Crippen LogP contribution is -2.65. The number of hydrogen-bond donors (Lipinski definition) is 2. The fraction of sp³-hybridized carbons (Fsp3) is 0.900. The molecule has 0 aromatic carbocycles. The first-order valence-electron chi connectivity index (χ1n) is 13.9. The highest BCUT2D eigenvalue weighted by atomic mass is 16.4. The third-order valence-electron chi connectivity index (χ3n) is 13.4. The lowest BCUT2D eigenvalue weighted by molar-refractivity contribution is -0.206. The maximum Gasteiger partial charge on any atom is 0.310 e. The molecule has 33 heavy (non-hydrogen) atoms. The predicted molar refractivity (Wildman–Crippen MR) is 133 cm³/mol. The standard InChI is InChI=1S/C30H48O3/c1-18-10-15-30(25(32)33)17-16-28(6)20(24(30)19(18)2)8-9-22-27(5)13-12-23(31)26(3,4)21(27)11-14-29(22,28)7/h8,18-19,21-24,31H,9-17H2,1-7H3,(H,32,33)/t18-,19+,21?,22?,23-,24+,27+,28-,29-,30+/m1/s1. The molecule has 2 unspecified atom stereocenters. The number of fused-ring (bicyclic) bond motifs is 7. The van der Waals surface area contributed by atoms with Crippen molar-refractivity contribution in [1.29, 1.82) is 0 Å². The Morgan fingerprint density at radius 2 is 1.61 bits per heavy atom. The number of carbonyl (C=O) groups is 1. The summed E-state index contributed by atoms with van der Waals surface area (Å²) < 4.78 is 0. The number of aliphatic carboxylic acids is 1. The second kappa shape index (κ2) is 7.11. The van der Waals surface area contributed by atoms with Gasteiger partial charge in [0.2, 0.25) is 0 Å². The summed E-state index contributed by atoms with van der Waals surface area (Å²) in [6.07, 6.45) is 11.6. The summed E-state index contributed by atoms with van der Waals surface area (Å²) in [4.78, 5) is 12.8. The smallest absolute Gasteiger partial charge is 0.310 e. The highest BCUT2D eigenvalue weighted by molar-refractivity contribution is 5.76. The molecule has 186 valence electrons. The molecule has 3 heteroatoms. The molecule has 4 fully saturated rings. The van der Waals surface area contributed by atoms with Gasteiger partial charge in [-0.2, -0.15) is 0 Å². The van der Waals surface area contributed by atoms with E-state index >= 15 is 0 Å². The molecule has 3 nitrogen and oxygen atoms in total. The Balaban J connectivity index is 1.61. The Kier molecular flexibility index (Phi) is 5.15. The summed E-state index contributed by atoms with van der Waals surface area (Å²) >= 11 is 0. The predicted octanol–water partition coefficient (Wildman–Crippen LogP) is 7.09. The summed E-state index contributed by atoms with van der Waals surface area (Å²) in [5.74, 6) is 1.82. The van der Waals surface area contributed by atoms with Gasteiger partial charge < -0.3 is 10.2 Å². The van der Waals surface area contributed by atoms with Crippen molar-refractivity contribution in [2.45, 2.75) is 112 Å². The molecule has 0 aliphatic heterocycles. The van der Waals surface area contributed by atoms with Gasteiger partial charge in [-0.25, -0.2) is 0 Å². The van der Waals surface area contributed by atoms with Crippen LogP contribution in [-0.2, 0) is 4.79 Å². The molecule has 0 aromatic rings. The van der Waals surface area contributed by atoms with Crippen molar-refractivity contribution in [2.24, 2.45) is 56.7 Å². The first-order valence-corrected chi connectivity index (χ1v) is 13.9. The van der Waals surface area contributed by atoms with Gasteiger partial charge in [-0.3, -0.25) is 4.79 Å². The Hall–Kier alpha value is -0.830. The fourth-order valence-electron chi connectivity index (χ4n) is 10.8. The minimum atomic E-state index is -0.557. The minimum absolute atomic E-state index is 0.0302. The fourth-order valence-corrected chi connectivity index (χ4v) is 10.8. The van der Waals surface area contributed by atoms with E-state index in [2.05, 4.69) is 54.5 Å². The van der Waals surface area contributed by atoms with Gasteiger partial charge in [-0.15, -0.1) is 0 Å². The van der Waals surface area contributed by atoms with Crippen LogP contribution in [0.5, 0.6) is 0 Å². The number of rotatable bonds is 1. The van der Waals surface area contributed by atoms with Gasteiger partial charge in [-0.1, -0.05) is 60.1 Å². The SMILES string of the molecule is C[C@H]1[C@H](C)CC[C@]2(C(=O)O)CC[C@]3(C)C(=CCC4[C@@]5(C)CC[C@@H](O)C(C)(C)C5CC[C@]43C)[C@H]12. The van der Waals surface area contributed by atoms with Crippen LogP contribution in [0.2, 0.25) is 0 Å². The number of allylic oxidation sites excluding steroid dienone is 2. The van der Waals surface area contributed by atoms with Crippen LogP contribution in [0.25, 0.3) is 0 Å². The van der Waals surface area contributed by atoms with E-state index in [1.54, 1.807) is 0 Å². The van der Waals surface area contributed by atoms with E-state index in [-0.39, 0.29) is 33.7 Å². The molecule has 5 rings (SSSR count). The minimum Gasteiger partial charge on any atom is -0.481 e. The molecule has 0 saturated heterocycles. The average molecular weight is 457 g/mol. The van der Waals surface area contributed by atoms with Gasteiger partial charge in [0, 0.05) is 0 Å². The van der Waals surface area contributed by atoms with Crippen LogP contribution in [0.1, 0.15) is 106 Å². The zero-order valence-corrected chi connectivity index (χ0v) is 22.2. The quantitative estimate of drug-likeness (QED) is 0.414. The van der Waals surface area contributed by atoms with E-state index in [0.717, 1.165) is 44.9 Å². The number of carboxylic acid groups (broad SMARTS) is 1. The van der Waals surface area contributed by atoms with Gasteiger partial charge in [-0.05, 0) is 109 Å². The number of carboxylic acids is 1. The monoisotopic (exact) mass is 456 g/mol. The van der Waals surface area contributed by atoms with Crippen molar-refractivity contribution in [3.05, 3.63) is 11.6 Å². The van der Waals surface area contributed by atoms with Crippen LogP contribution in [-0.4, -0.2) is 22.3 Å². The average Bonchev–Trinajstić information content (AvgIpc) is 2.74. The first kappa shape index (κ1) is 23.9. The highest BCUT2D eigenvalue weighted by Gasteiger charge is 2.69. The molecule has 0 spiro atoms.